The summed E-state index contributed by atoms with van der Waals surface area (Å²) in [6, 6.07) is 0. The molecule has 1 saturated heterocycles. The van der Waals surface area contributed by atoms with Crippen molar-refractivity contribution < 1.29 is 9.53 Å². The first kappa shape index (κ1) is 24.6. The molecule has 0 aromatic carbocycles. The van der Waals surface area contributed by atoms with E-state index in [9.17, 15) is 4.79 Å². The summed E-state index contributed by atoms with van der Waals surface area (Å²) < 4.78 is 5.34. The lowest BCUT2D eigenvalue weighted by atomic mass is 9.78. The number of thiazole rings is 1. The lowest BCUT2D eigenvalue weighted by Gasteiger charge is -2.35. The molecule has 0 unspecified atom stereocenters. The lowest BCUT2D eigenvalue weighted by molar-refractivity contribution is -0.136. The largest absolute Gasteiger partial charge is 0.384 e. The quantitative estimate of drug-likeness (QED) is 0.681. The van der Waals surface area contributed by atoms with E-state index in [1.807, 2.05) is 0 Å². The van der Waals surface area contributed by atoms with Crippen LogP contribution in [0.15, 0.2) is 5.38 Å². The van der Waals surface area contributed by atoms with Crippen molar-refractivity contribution in [2.24, 2.45) is 5.41 Å². The number of nitrogens with one attached hydrogen (secondary N) is 2. The first-order valence-corrected chi connectivity index (χ1v) is 10.5. The van der Waals surface area contributed by atoms with Gasteiger partial charge >= 0.3 is 0 Å². The van der Waals surface area contributed by atoms with Crippen molar-refractivity contribution in [3.05, 3.63) is 16.1 Å². The standard InChI is InChI=1S/C19H31N3O2S.2ClH/c1-24-14-19(8-11-20-12-9-19)18(23)21-10-7-17-22-16(13-25-17)15-5-3-2-4-6-15;;/h13,15,20H,2-12,14H2,1H3,(H,21,23);2*1H. The Labute approximate surface area is 179 Å². The van der Waals surface area contributed by atoms with E-state index in [1.165, 1.54) is 37.8 Å². The second-order valence-corrected chi connectivity index (χ2v) is 8.41. The first-order valence-electron chi connectivity index (χ1n) is 9.66. The van der Waals surface area contributed by atoms with E-state index in [1.54, 1.807) is 18.4 Å². The van der Waals surface area contributed by atoms with Crippen LogP contribution in [-0.4, -0.2) is 44.2 Å². The van der Waals surface area contributed by atoms with Crippen molar-refractivity contribution in [3.63, 3.8) is 0 Å². The highest BCUT2D eigenvalue weighted by Crippen LogP contribution is 2.33. The molecular formula is C19H33Cl2N3O2S. The fourth-order valence-corrected chi connectivity index (χ4v) is 4.99. The Morgan fingerprint density at radius 1 is 1.30 bits per heavy atom. The molecule has 27 heavy (non-hydrogen) atoms. The molecular weight excluding hydrogens is 405 g/mol. The number of carbonyl (C=O) groups is 1. The Morgan fingerprint density at radius 3 is 2.67 bits per heavy atom. The van der Waals surface area contributed by atoms with Gasteiger partial charge in [-0.1, -0.05) is 19.3 Å². The van der Waals surface area contributed by atoms with Gasteiger partial charge in [0, 0.05) is 31.4 Å². The molecule has 3 rings (SSSR count). The average molecular weight is 438 g/mol. The highest BCUT2D eigenvalue weighted by molar-refractivity contribution is 7.09. The van der Waals surface area contributed by atoms with Crippen LogP contribution in [-0.2, 0) is 16.0 Å². The van der Waals surface area contributed by atoms with Crippen LogP contribution in [0, 0.1) is 5.41 Å². The maximum atomic E-state index is 12.7. The fraction of sp³-hybridized carbons (Fsp3) is 0.789. The van der Waals surface area contributed by atoms with Gasteiger partial charge in [-0.15, -0.1) is 36.2 Å². The zero-order chi connectivity index (χ0) is 17.5. The van der Waals surface area contributed by atoms with Gasteiger partial charge in [-0.3, -0.25) is 4.79 Å². The molecule has 156 valence electrons. The molecule has 0 atom stereocenters. The number of carbonyl (C=O) groups excluding carboxylic acids is 1. The van der Waals surface area contributed by atoms with Crippen molar-refractivity contribution in [2.45, 2.75) is 57.3 Å². The van der Waals surface area contributed by atoms with Gasteiger partial charge in [0.15, 0.2) is 0 Å². The zero-order valence-electron chi connectivity index (χ0n) is 16.1. The van der Waals surface area contributed by atoms with Crippen LogP contribution >= 0.6 is 36.2 Å². The molecule has 1 saturated carbocycles. The molecule has 1 aromatic rings. The van der Waals surface area contributed by atoms with Gasteiger partial charge in [0.05, 0.1) is 22.7 Å². The van der Waals surface area contributed by atoms with E-state index >= 15 is 0 Å². The first-order chi connectivity index (χ1) is 12.2. The molecule has 2 fully saturated rings. The van der Waals surface area contributed by atoms with Crippen LogP contribution in [0.25, 0.3) is 0 Å². The Kier molecular flexibility index (Phi) is 11.2. The van der Waals surface area contributed by atoms with Crippen molar-refractivity contribution in [1.29, 1.82) is 0 Å². The number of halogens is 2. The third-order valence-electron chi connectivity index (χ3n) is 5.68. The highest BCUT2D eigenvalue weighted by atomic mass is 35.5. The number of ether oxygens (including phenoxy) is 1. The summed E-state index contributed by atoms with van der Waals surface area (Å²) in [5.41, 5.74) is 0.913. The number of nitrogens with zero attached hydrogens (tertiary/aromatic N) is 1. The number of hydrogen-bond acceptors (Lipinski definition) is 5. The Bertz CT molecular complexity index is 553. The summed E-state index contributed by atoms with van der Waals surface area (Å²) in [4.78, 5) is 17.5. The molecule has 2 aliphatic rings. The highest BCUT2D eigenvalue weighted by Gasteiger charge is 2.39. The average Bonchev–Trinajstić information content (AvgIpc) is 3.12. The summed E-state index contributed by atoms with van der Waals surface area (Å²) in [7, 11) is 1.68. The Morgan fingerprint density at radius 2 is 2.00 bits per heavy atom. The van der Waals surface area contributed by atoms with Gasteiger partial charge in [0.25, 0.3) is 0 Å². The van der Waals surface area contributed by atoms with Crippen LogP contribution in [0.2, 0.25) is 0 Å². The Hall–Kier alpha value is -0.400. The fourth-order valence-electron chi connectivity index (χ4n) is 4.11. The molecule has 0 bridgehead atoms. The predicted molar refractivity (Wildman–Crippen MR) is 116 cm³/mol. The molecule has 0 spiro atoms. The molecule has 1 aromatic heterocycles. The lowest BCUT2D eigenvalue weighted by Crippen LogP contribution is -2.50. The van der Waals surface area contributed by atoms with Crippen molar-refractivity contribution >= 4 is 42.1 Å². The number of amides is 1. The topological polar surface area (TPSA) is 63.2 Å². The molecule has 8 heteroatoms. The van der Waals surface area contributed by atoms with E-state index in [0.717, 1.165) is 37.4 Å². The maximum Gasteiger partial charge on any atom is 0.228 e. The van der Waals surface area contributed by atoms with Crippen LogP contribution in [0.3, 0.4) is 0 Å². The van der Waals surface area contributed by atoms with Crippen LogP contribution in [0.1, 0.15) is 61.6 Å². The van der Waals surface area contributed by atoms with E-state index in [2.05, 4.69) is 16.0 Å². The minimum absolute atomic E-state index is 0. The van der Waals surface area contributed by atoms with Gasteiger partial charge in [0.1, 0.15) is 0 Å². The number of methoxy groups -OCH3 is 1. The van der Waals surface area contributed by atoms with Gasteiger partial charge < -0.3 is 15.4 Å². The van der Waals surface area contributed by atoms with E-state index in [0.29, 0.717) is 19.1 Å². The van der Waals surface area contributed by atoms with Crippen LogP contribution in [0.4, 0.5) is 0 Å². The second-order valence-electron chi connectivity index (χ2n) is 7.47. The van der Waals surface area contributed by atoms with Crippen molar-refractivity contribution in [3.8, 4) is 0 Å². The minimum Gasteiger partial charge on any atom is -0.384 e. The normalized spacial score (nSPS) is 19.6. The Balaban J connectivity index is 0.00000182. The number of aromatic nitrogens is 1. The van der Waals surface area contributed by atoms with Gasteiger partial charge in [0.2, 0.25) is 5.91 Å². The van der Waals surface area contributed by atoms with Crippen LogP contribution < -0.4 is 10.6 Å². The van der Waals surface area contributed by atoms with E-state index in [4.69, 9.17) is 9.72 Å². The molecule has 2 N–H and O–H groups in total. The summed E-state index contributed by atoms with van der Waals surface area (Å²) in [6.45, 7) is 2.93. The minimum atomic E-state index is -0.365. The molecule has 0 radical (unpaired) electrons. The maximum absolute atomic E-state index is 12.7. The predicted octanol–water partition coefficient (Wildman–Crippen LogP) is 3.71. The third kappa shape index (κ3) is 6.57. The zero-order valence-corrected chi connectivity index (χ0v) is 18.6. The smallest absolute Gasteiger partial charge is 0.228 e. The monoisotopic (exact) mass is 437 g/mol. The molecule has 2 heterocycles. The second kappa shape index (κ2) is 12.2. The molecule has 1 aliphatic carbocycles. The summed E-state index contributed by atoms with van der Waals surface area (Å²) in [5, 5.41) is 9.83. The molecule has 1 amide bonds. The van der Waals surface area contributed by atoms with Crippen LogP contribution in [0.5, 0.6) is 0 Å². The third-order valence-corrected chi connectivity index (χ3v) is 6.61. The summed E-state index contributed by atoms with van der Waals surface area (Å²) in [5.74, 6) is 0.799. The summed E-state index contributed by atoms with van der Waals surface area (Å²) >= 11 is 1.74. The van der Waals surface area contributed by atoms with Crippen molar-refractivity contribution in [1.82, 2.24) is 15.6 Å². The SMILES string of the molecule is COCC1(C(=O)NCCc2nc(C3CCCCC3)cs2)CCNCC1.Cl.Cl. The number of rotatable bonds is 7. The summed E-state index contributed by atoms with van der Waals surface area (Å²) in [6.07, 6.45) is 9.13. The number of hydrogen-bond donors (Lipinski definition) is 2. The van der Waals surface area contributed by atoms with Gasteiger partial charge in [-0.25, -0.2) is 4.98 Å². The molecule has 5 nitrogen and oxygen atoms in total. The van der Waals surface area contributed by atoms with Gasteiger partial charge in [-0.2, -0.15) is 0 Å². The van der Waals surface area contributed by atoms with E-state index in [-0.39, 0.29) is 36.1 Å². The van der Waals surface area contributed by atoms with Gasteiger partial charge in [-0.05, 0) is 38.8 Å². The van der Waals surface area contributed by atoms with E-state index < -0.39 is 0 Å². The van der Waals surface area contributed by atoms with Crippen molar-refractivity contribution in [2.75, 3.05) is 33.4 Å². The number of piperidine rings is 1. The molecule has 1 aliphatic heterocycles.